The van der Waals surface area contributed by atoms with E-state index in [0.717, 1.165) is 16.7 Å². The Labute approximate surface area is 130 Å². The lowest BCUT2D eigenvalue weighted by molar-refractivity contribution is 0.177. The fraction of sp³-hybridized carbons (Fsp3) is 0.294. The fourth-order valence-electron chi connectivity index (χ4n) is 2.17. The van der Waals surface area contributed by atoms with E-state index in [-0.39, 0.29) is 0 Å². The van der Waals surface area contributed by atoms with E-state index in [1.165, 1.54) is 0 Å². The summed E-state index contributed by atoms with van der Waals surface area (Å²) in [5.74, 6) is 1.30. The normalized spacial score (nSPS) is 12.0. The van der Waals surface area contributed by atoms with Crippen LogP contribution >= 0.6 is 11.6 Å². The van der Waals surface area contributed by atoms with Gasteiger partial charge in [-0.1, -0.05) is 23.7 Å². The zero-order valence-corrected chi connectivity index (χ0v) is 13.1. The second-order valence-electron chi connectivity index (χ2n) is 4.96. The highest BCUT2D eigenvalue weighted by Gasteiger charge is 2.13. The van der Waals surface area contributed by atoms with E-state index >= 15 is 0 Å². The zero-order valence-electron chi connectivity index (χ0n) is 12.4. The molecule has 0 aromatic heterocycles. The summed E-state index contributed by atoms with van der Waals surface area (Å²) in [5, 5.41) is 11.1. The molecule has 0 aliphatic rings. The molecule has 0 saturated carbocycles. The number of aliphatic hydroxyl groups is 1. The number of aliphatic hydroxyl groups excluding tert-OH is 1. The van der Waals surface area contributed by atoms with Crippen LogP contribution in [0.15, 0.2) is 36.4 Å². The Morgan fingerprint density at radius 2 is 1.67 bits per heavy atom. The molecule has 2 rings (SSSR count). The van der Waals surface area contributed by atoms with Gasteiger partial charge < -0.3 is 14.6 Å². The Morgan fingerprint density at radius 3 is 2.19 bits per heavy atom. The van der Waals surface area contributed by atoms with Crippen molar-refractivity contribution in [3.8, 4) is 11.5 Å². The number of aryl methyl sites for hydroxylation is 1. The van der Waals surface area contributed by atoms with E-state index in [0.29, 0.717) is 22.9 Å². The molecular weight excluding hydrogens is 288 g/mol. The van der Waals surface area contributed by atoms with Crippen LogP contribution in [0.2, 0.25) is 5.02 Å². The summed E-state index contributed by atoms with van der Waals surface area (Å²) in [7, 11) is 3.17. The average molecular weight is 307 g/mol. The molecule has 1 atom stereocenters. The Morgan fingerprint density at radius 1 is 1.05 bits per heavy atom. The summed E-state index contributed by atoms with van der Waals surface area (Å²) in [6, 6.07) is 11.2. The molecule has 0 radical (unpaired) electrons. The second kappa shape index (κ2) is 6.83. The highest BCUT2D eigenvalue weighted by molar-refractivity contribution is 6.31. The smallest absolute Gasteiger partial charge is 0.122 e. The van der Waals surface area contributed by atoms with Crippen molar-refractivity contribution in [2.75, 3.05) is 14.2 Å². The van der Waals surface area contributed by atoms with Crippen LogP contribution in [0.3, 0.4) is 0 Å². The minimum Gasteiger partial charge on any atom is -0.497 e. The van der Waals surface area contributed by atoms with Crippen molar-refractivity contribution in [2.24, 2.45) is 0 Å². The highest BCUT2D eigenvalue weighted by Crippen LogP contribution is 2.29. The second-order valence-corrected chi connectivity index (χ2v) is 5.37. The zero-order chi connectivity index (χ0) is 15.4. The van der Waals surface area contributed by atoms with Gasteiger partial charge in [0.1, 0.15) is 11.5 Å². The van der Waals surface area contributed by atoms with E-state index < -0.39 is 6.10 Å². The van der Waals surface area contributed by atoms with Crippen molar-refractivity contribution in [1.29, 1.82) is 0 Å². The predicted octanol–water partition coefficient (Wildman–Crippen LogP) is 3.94. The van der Waals surface area contributed by atoms with Crippen molar-refractivity contribution in [2.45, 2.75) is 19.4 Å². The molecule has 0 aliphatic heterocycles. The predicted molar refractivity (Wildman–Crippen MR) is 84.4 cm³/mol. The van der Waals surface area contributed by atoms with Gasteiger partial charge in [0.15, 0.2) is 0 Å². The van der Waals surface area contributed by atoms with E-state index in [4.69, 9.17) is 21.1 Å². The summed E-state index contributed by atoms with van der Waals surface area (Å²) in [5.41, 5.74) is 2.75. The fourth-order valence-corrected chi connectivity index (χ4v) is 2.48. The first-order chi connectivity index (χ1) is 10.0. The van der Waals surface area contributed by atoms with E-state index in [1.54, 1.807) is 32.4 Å². The molecule has 0 saturated heterocycles. The molecule has 0 fully saturated rings. The van der Waals surface area contributed by atoms with Gasteiger partial charge >= 0.3 is 0 Å². The van der Waals surface area contributed by atoms with Crippen LogP contribution in [-0.2, 0) is 6.42 Å². The van der Waals surface area contributed by atoms with Crippen molar-refractivity contribution in [1.82, 2.24) is 0 Å². The summed E-state index contributed by atoms with van der Waals surface area (Å²) in [6.07, 6.45) is -0.232. The minimum absolute atomic E-state index is 0.440. The number of benzene rings is 2. The third kappa shape index (κ3) is 3.90. The first-order valence-electron chi connectivity index (χ1n) is 6.69. The van der Waals surface area contributed by atoms with Gasteiger partial charge in [0.2, 0.25) is 0 Å². The van der Waals surface area contributed by atoms with Crippen molar-refractivity contribution >= 4 is 11.6 Å². The molecule has 2 aromatic carbocycles. The Bertz CT molecular complexity index is 603. The quantitative estimate of drug-likeness (QED) is 0.909. The maximum Gasteiger partial charge on any atom is 0.122 e. The van der Waals surface area contributed by atoms with Crippen molar-refractivity contribution in [3.05, 3.63) is 58.1 Å². The molecular formula is C17H19ClO3. The average Bonchev–Trinajstić information content (AvgIpc) is 2.49. The van der Waals surface area contributed by atoms with Gasteiger partial charge in [-0.3, -0.25) is 0 Å². The molecule has 112 valence electrons. The first kappa shape index (κ1) is 15.7. The topological polar surface area (TPSA) is 38.7 Å². The van der Waals surface area contributed by atoms with Crippen LogP contribution in [0.4, 0.5) is 0 Å². The van der Waals surface area contributed by atoms with Crippen molar-refractivity contribution < 1.29 is 14.6 Å². The molecule has 2 aromatic rings. The molecule has 0 bridgehead atoms. The van der Waals surface area contributed by atoms with Crippen LogP contribution in [0.5, 0.6) is 11.5 Å². The van der Waals surface area contributed by atoms with Gasteiger partial charge in [-0.2, -0.15) is 0 Å². The van der Waals surface area contributed by atoms with Gasteiger partial charge in [-0.25, -0.2) is 0 Å². The van der Waals surface area contributed by atoms with Gasteiger partial charge in [-0.15, -0.1) is 0 Å². The van der Waals surface area contributed by atoms with Crippen LogP contribution in [0.25, 0.3) is 0 Å². The number of hydrogen-bond donors (Lipinski definition) is 1. The monoisotopic (exact) mass is 306 g/mol. The maximum atomic E-state index is 10.4. The van der Waals surface area contributed by atoms with E-state index in [1.807, 2.05) is 25.1 Å². The number of hydrogen-bond acceptors (Lipinski definition) is 3. The highest BCUT2D eigenvalue weighted by atomic mass is 35.5. The Kier molecular flexibility index (Phi) is 5.10. The molecule has 0 heterocycles. The van der Waals surface area contributed by atoms with E-state index in [9.17, 15) is 5.11 Å². The molecule has 21 heavy (non-hydrogen) atoms. The lowest BCUT2D eigenvalue weighted by atomic mass is 10.00. The third-order valence-electron chi connectivity index (χ3n) is 3.38. The summed E-state index contributed by atoms with van der Waals surface area (Å²) in [4.78, 5) is 0. The summed E-state index contributed by atoms with van der Waals surface area (Å²) < 4.78 is 10.4. The first-order valence-corrected chi connectivity index (χ1v) is 7.07. The van der Waals surface area contributed by atoms with Crippen LogP contribution in [0.1, 0.15) is 22.8 Å². The van der Waals surface area contributed by atoms with Crippen LogP contribution < -0.4 is 9.47 Å². The minimum atomic E-state index is -0.672. The summed E-state index contributed by atoms with van der Waals surface area (Å²) >= 11 is 6.22. The molecule has 1 unspecified atom stereocenters. The molecule has 0 spiro atoms. The van der Waals surface area contributed by atoms with Gasteiger partial charge in [-0.05, 0) is 41.8 Å². The Hall–Kier alpha value is -1.71. The Balaban J connectivity index is 2.25. The number of rotatable bonds is 5. The van der Waals surface area contributed by atoms with Crippen molar-refractivity contribution in [3.63, 3.8) is 0 Å². The lowest BCUT2D eigenvalue weighted by Crippen LogP contribution is -2.03. The van der Waals surface area contributed by atoms with Gasteiger partial charge in [0.05, 0.1) is 20.3 Å². The molecule has 0 aliphatic carbocycles. The van der Waals surface area contributed by atoms with Gasteiger partial charge in [0.25, 0.3) is 0 Å². The number of ether oxygens (including phenoxy) is 2. The number of methoxy groups -OCH3 is 2. The molecule has 3 nitrogen and oxygen atoms in total. The molecule has 1 N–H and O–H groups in total. The SMILES string of the molecule is COc1cc(OC)cc(C(O)Cc2ccc(C)cc2Cl)c1. The van der Waals surface area contributed by atoms with Gasteiger partial charge in [0, 0.05) is 17.5 Å². The maximum absolute atomic E-state index is 10.4. The largest absolute Gasteiger partial charge is 0.497 e. The van der Waals surface area contributed by atoms with E-state index in [2.05, 4.69) is 0 Å². The summed E-state index contributed by atoms with van der Waals surface area (Å²) in [6.45, 7) is 1.99. The molecule has 4 heteroatoms. The van der Waals surface area contributed by atoms with Crippen LogP contribution in [0, 0.1) is 6.92 Å². The third-order valence-corrected chi connectivity index (χ3v) is 3.73. The number of halogens is 1. The lowest BCUT2D eigenvalue weighted by Gasteiger charge is -2.15. The standard InChI is InChI=1S/C17H19ClO3/c1-11-4-5-12(16(18)6-11)9-17(19)13-7-14(20-2)10-15(8-13)21-3/h4-8,10,17,19H,9H2,1-3H3. The van der Waals surface area contributed by atoms with Crippen LogP contribution in [-0.4, -0.2) is 19.3 Å². The molecule has 0 amide bonds.